The van der Waals surface area contributed by atoms with E-state index in [9.17, 15) is 4.79 Å². The number of hydrogen-bond acceptors (Lipinski definition) is 3. The molecule has 1 aromatic heterocycles. The van der Waals surface area contributed by atoms with Crippen molar-refractivity contribution in [1.82, 2.24) is 15.1 Å². The first-order valence-electron chi connectivity index (χ1n) is 5.24. The summed E-state index contributed by atoms with van der Waals surface area (Å²) in [4.78, 5) is 11.4. The van der Waals surface area contributed by atoms with Gasteiger partial charge in [0.2, 0.25) is 5.91 Å². The van der Waals surface area contributed by atoms with Gasteiger partial charge in [-0.15, -0.1) is 0 Å². The molecule has 0 spiro atoms. The zero-order valence-electron chi connectivity index (χ0n) is 9.29. The fourth-order valence-corrected chi connectivity index (χ4v) is 1.27. The van der Waals surface area contributed by atoms with E-state index in [1.54, 1.807) is 10.9 Å². The second-order valence-corrected chi connectivity index (χ2v) is 3.34. The molecule has 15 heavy (non-hydrogen) atoms. The lowest BCUT2D eigenvalue weighted by Gasteiger charge is -2.07. The fraction of sp³-hybridized carbons (Fsp3) is 0.600. The van der Waals surface area contributed by atoms with Crippen LogP contribution in [0.3, 0.4) is 0 Å². The molecule has 0 atom stereocenters. The normalized spacial score (nSPS) is 10.3. The number of anilines is 1. The van der Waals surface area contributed by atoms with Crippen molar-refractivity contribution in [2.75, 3.05) is 18.9 Å². The Morgan fingerprint density at radius 1 is 1.60 bits per heavy atom. The highest BCUT2D eigenvalue weighted by molar-refractivity contribution is 5.89. The molecule has 0 unspecified atom stereocenters. The minimum atomic E-state index is 0.0159. The second kappa shape index (κ2) is 6.19. The van der Waals surface area contributed by atoms with Crippen molar-refractivity contribution in [1.29, 1.82) is 0 Å². The van der Waals surface area contributed by atoms with Crippen molar-refractivity contribution in [2.45, 2.75) is 26.3 Å². The number of rotatable bonds is 6. The molecule has 0 aliphatic carbocycles. The number of nitrogens with one attached hydrogen (secondary N) is 2. The average molecular weight is 210 g/mol. The SMILES string of the molecule is CCCn1nccc1NC(=O)CCNC. The van der Waals surface area contributed by atoms with Crippen LogP contribution in [-0.4, -0.2) is 29.3 Å². The van der Waals surface area contributed by atoms with Gasteiger partial charge in [0.15, 0.2) is 0 Å². The minimum absolute atomic E-state index is 0.0159. The van der Waals surface area contributed by atoms with Crippen LogP contribution in [0.25, 0.3) is 0 Å². The van der Waals surface area contributed by atoms with Crippen LogP contribution in [0.4, 0.5) is 5.82 Å². The highest BCUT2D eigenvalue weighted by Crippen LogP contribution is 2.06. The molecule has 5 heteroatoms. The molecule has 84 valence electrons. The lowest BCUT2D eigenvalue weighted by atomic mass is 10.4. The van der Waals surface area contributed by atoms with Gasteiger partial charge in [0, 0.05) is 25.6 Å². The topological polar surface area (TPSA) is 59.0 Å². The van der Waals surface area contributed by atoms with Gasteiger partial charge in [-0.05, 0) is 13.5 Å². The summed E-state index contributed by atoms with van der Waals surface area (Å²) in [7, 11) is 1.83. The lowest BCUT2D eigenvalue weighted by Crippen LogP contribution is -2.20. The van der Waals surface area contributed by atoms with E-state index < -0.39 is 0 Å². The molecule has 0 aliphatic heterocycles. The van der Waals surface area contributed by atoms with Crippen LogP contribution < -0.4 is 10.6 Å². The van der Waals surface area contributed by atoms with E-state index in [-0.39, 0.29) is 5.91 Å². The standard InChI is InChI=1S/C10H18N4O/c1-3-8-14-9(4-7-12-14)13-10(15)5-6-11-2/h4,7,11H,3,5-6,8H2,1-2H3,(H,13,15). The van der Waals surface area contributed by atoms with Crippen LogP contribution in [0, 0.1) is 0 Å². The van der Waals surface area contributed by atoms with E-state index in [1.165, 1.54) is 0 Å². The van der Waals surface area contributed by atoms with Crippen LogP contribution in [0.15, 0.2) is 12.3 Å². The van der Waals surface area contributed by atoms with Crippen molar-refractivity contribution in [2.24, 2.45) is 0 Å². The predicted octanol–water partition coefficient (Wildman–Crippen LogP) is 0.841. The highest BCUT2D eigenvalue weighted by Gasteiger charge is 2.05. The fourth-order valence-electron chi connectivity index (χ4n) is 1.27. The molecular formula is C10H18N4O. The summed E-state index contributed by atoms with van der Waals surface area (Å²) in [6.45, 7) is 3.59. The maximum Gasteiger partial charge on any atom is 0.226 e. The van der Waals surface area contributed by atoms with E-state index in [4.69, 9.17) is 0 Å². The Balaban J connectivity index is 2.48. The first-order chi connectivity index (χ1) is 7.27. The van der Waals surface area contributed by atoms with Gasteiger partial charge in [0.05, 0.1) is 6.20 Å². The largest absolute Gasteiger partial charge is 0.319 e. The molecular weight excluding hydrogens is 192 g/mol. The molecule has 0 radical (unpaired) electrons. The van der Waals surface area contributed by atoms with Crippen LogP contribution in [0.5, 0.6) is 0 Å². The quantitative estimate of drug-likeness (QED) is 0.731. The van der Waals surface area contributed by atoms with Gasteiger partial charge in [-0.25, -0.2) is 4.68 Å². The maximum absolute atomic E-state index is 11.4. The van der Waals surface area contributed by atoms with E-state index in [0.29, 0.717) is 13.0 Å². The molecule has 1 amide bonds. The first-order valence-corrected chi connectivity index (χ1v) is 5.24. The maximum atomic E-state index is 11.4. The van der Waals surface area contributed by atoms with E-state index in [1.807, 2.05) is 13.1 Å². The smallest absolute Gasteiger partial charge is 0.226 e. The summed E-state index contributed by atoms with van der Waals surface area (Å²) in [6.07, 6.45) is 3.18. The zero-order valence-corrected chi connectivity index (χ0v) is 9.29. The first kappa shape index (κ1) is 11.7. The molecule has 0 bridgehead atoms. The number of hydrogen-bond donors (Lipinski definition) is 2. The van der Waals surface area contributed by atoms with Crippen molar-refractivity contribution < 1.29 is 4.79 Å². The highest BCUT2D eigenvalue weighted by atomic mass is 16.1. The molecule has 0 aromatic carbocycles. The molecule has 0 aliphatic rings. The summed E-state index contributed by atoms with van der Waals surface area (Å²) in [6, 6.07) is 1.81. The summed E-state index contributed by atoms with van der Waals surface area (Å²) in [5.74, 6) is 0.792. The predicted molar refractivity (Wildman–Crippen MR) is 59.7 cm³/mol. The molecule has 0 saturated heterocycles. The zero-order chi connectivity index (χ0) is 11.1. The summed E-state index contributed by atoms with van der Waals surface area (Å²) >= 11 is 0. The Kier molecular flexibility index (Phi) is 4.83. The summed E-state index contributed by atoms with van der Waals surface area (Å²) in [5.41, 5.74) is 0. The molecule has 1 rings (SSSR count). The number of aryl methyl sites for hydroxylation is 1. The Bertz CT molecular complexity index is 308. The molecule has 1 heterocycles. The van der Waals surface area contributed by atoms with Gasteiger partial charge in [0.1, 0.15) is 5.82 Å². The third-order valence-electron chi connectivity index (χ3n) is 2.02. The average Bonchev–Trinajstić information content (AvgIpc) is 2.63. The van der Waals surface area contributed by atoms with Gasteiger partial charge in [0.25, 0.3) is 0 Å². The number of amides is 1. The van der Waals surface area contributed by atoms with Crippen molar-refractivity contribution >= 4 is 11.7 Å². The van der Waals surface area contributed by atoms with Gasteiger partial charge < -0.3 is 10.6 Å². The van der Waals surface area contributed by atoms with Gasteiger partial charge in [-0.1, -0.05) is 6.92 Å². The molecule has 0 fully saturated rings. The Hall–Kier alpha value is -1.36. The number of nitrogens with zero attached hydrogens (tertiary/aromatic N) is 2. The van der Waals surface area contributed by atoms with Gasteiger partial charge in [-0.3, -0.25) is 4.79 Å². The van der Waals surface area contributed by atoms with E-state index in [0.717, 1.165) is 18.8 Å². The van der Waals surface area contributed by atoms with Gasteiger partial charge >= 0.3 is 0 Å². The summed E-state index contributed by atoms with van der Waals surface area (Å²) in [5, 5.41) is 9.89. The van der Waals surface area contributed by atoms with Crippen LogP contribution in [0.2, 0.25) is 0 Å². The van der Waals surface area contributed by atoms with E-state index in [2.05, 4.69) is 22.7 Å². The molecule has 5 nitrogen and oxygen atoms in total. The number of carbonyl (C=O) groups excluding carboxylic acids is 1. The van der Waals surface area contributed by atoms with Crippen LogP contribution in [0.1, 0.15) is 19.8 Å². The Morgan fingerprint density at radius 3 is 3.07 bits per heavy atom. The third-order valence-corrected chi connectivity index (χ3v) is 2.02. The second-order valence-electron chi connectivity index (χ2n) is 3.34. The monoisotopic (exact) mass is 210 g/mol. The molecule has 0 saturated carbocycles. The van der Waals surface area contributed by atoms with E-state index >= 15 is 0 Å². The summed E-state index contributed by atoms with van der Waals surface area (Å²) < 4.78 is 1.80. The van der Waals surface area contributed by atoms with Crippen molar-refractivity contribution in [3.05, 3.63) is 12.3 Å². The van der Waals surface area contributed by atoms with Crippen LogP contribution in [-0.2, 0) is 11.3 Å². The molecule has 2 N–H and O–H groups in total. The van der Waals surface area contributed by atoms with Crippen LogP contribution >= 0.6 is 0 Å². The van der Waals surface area contributed by atoms with Gasteiger partial charge in [-0.2, -0.15) is 5.10 Å². The minimum Gasteiger partial charge on any atom is -0.319 e. The molecule has 1 aromatic rings. The lowest BCUT2D eigenvalue weighted by molar-refractivity contribution is -0.116. The third kappa shape index (κ3) is 3.71. The van der Waals surface area contributed by atoms with Crippen molar-refractivity contribution in [3.63, 3.8) is 0 Å². The van der Waals surface area contributed by atoms with Crippen molar-refractivity contribution in [3.8, 4) is 0 Å². The Morgan fingerprint density at radius 2 is 2.40 bits per heavy atom. The number of carbonyl (C=O) groups is 1. The Labute approximate surface area is 89.9 Å². The number of aromatic nitrogens is 2.